The van der Waals surface area contributed by atoms with Crippen LogP contribution in [-0.2, 0) is 19.1 Å². The number of hydrogen-bond donors (Lipinski definition) is 0. The van der Waals surface area contributed by atoms with E-state index in [0.717, 1.165) is 25.2 Å². The molecule has 0 aliphatic carbocycles. The number of unbranched alkanes of at least 4 members (excludes halogenated alkanes) is 1. The maximum Gasteiger partial charge on any atom is 0.333 e. The highest BCUT2D eigenvalue weighted by molar-refractivity contribution is 5.82. The first kappa shape index (κ1) is 14.7. The molecular formula is C12H20O4. The monoisotopic (exact) mass is 228 g/mol. The maximum absolute atomic E-state index is 11.3. The van der Waals surface area contributed by atoms with Crippen molar-refractivity contribution >= 4 is 11.9 Å². The van der Waals surface area contributed by atoms with Gasteiger partial charge in [0.05, 0.1) is 18.1 Å². The molecule has 0 heterocycles. The molecule has 0 N–H and O–H groups in total. The third-order valence-corrected chi connectivity index (χ3v) is 1.73. The van der Waals surface area contributed by atoms with Gasteiger partial charge >= 0.3 is 11.9 Å². The molecule has 0 spiro atoms. The second kappa shape index (κ2) is 7.04. The largest absolute Gasteiger partial charge is 0.462 e. The molecule has 0 saturated heterocycles. The smallest absolute Gasteiger partial charge is 0.333 e. The summed E-state index contributed by atoms with van der Waals surface area (Å²) in [6.07, 6.45) is 3.98. The summed E-state index contributed by atoms with van der Waals surface area (Å²) in [7, 11) is 0. The third-order valence-electron chi connectivity index (χ3n) is 1.73. The molecule has 0 atom stereocenters. The zero-order valence-electron chi connectivity index (χ0n) is 10.4. The molecule has 0 amide bonds. The summed E-state index contributed by atoms with van der Waals surface area (Å²) in [5, 5.41) is 0. The van der Waals surface area contributed by atoms with Gasteiger partial charge in [-0.05, 0) is 27.2 Å². The summed E-state index contributed by atoms with van der Waals surface area (Å²) >= 11 is 0. The Morgan fingerprint density at radius 1 is 1.25 bits per heavy atom. The fourth-order valence-electron chi connectivity index (χ4n) is 0.693. The highest BCUT2D eigenvalue weighted by Crippen LogP contribution is 2.14. The van der Waals surface area contributed by atoms with Crippen LogP contribution >= 0.6 is 0 Å². The average Bonchev–Trinajstić information content (AvgIpc) is 2.16. The zero-order valence-corrected chi connectivity index (χ0v) is 10.4. The predicted octanol–water partition coefficient (Wildman–Crippen LogP) is 2.43. The quantitative estimate of drug-likeness (QED) is 0.314. The van der Waals surface area contributed by atoms with Crippen molar-refractivity contribution in [1.29, 1.82) is 0 Å². The molecule has 0 aromatic heterocycles. The number of hydrogen-bond acceptors (Lipinski definition) is 4. The molecular weight excluding hydrogens is 208 g/mol. The number of carbonyl (C=O) groups is 2. The summed E-state index contributed by atoms with van der Waals surface area (Å²) in [5.41, 5.74) is -0.573. The van der Waals surface area contributed by atoms with Crippen molar-refractivity contribution in [2.24, 2.45) is 5.41 Å². The van der Waals surface area contributed by atoms with E-state index in [0.29, 0.717) is 6.61 Å². The molecule has 0 aliphatic rings. The Hall–Kier alpha value is -1.32. The average molecular weight is 228 g/mol. The second-order valence-electron chi connectivity index (χ2n) is 4.48. The first-order chi connectivity index (χ1) is 7.38. The van der Waals surface area contributed by atoms with Crippen LogP contribution in [0.5, 0.6) is 0 Å². The highest BCUT2D eigenvalue weighted by Gasteiger charge is 2.22. The van der Waals surface area contributed by atoms with E-state index in [1.807, 2.05) is 6.92 Å². The van der Waals surface area contributed by atoms with Crippen LogP contribution in [0.4, 0.5) is 0 Å². The van der Waals surface area contributed by atoms with Gasteiger partial charge in [0.1, 0.15) is 6.26 Å². The molecule has 0 saturated carbocycles. The van der Waals surface area contributed by atoms with Crippen molar-refractivity contribution in [3.63, 3.8) is 0 Å². The zero-order chi connectivity index (χ0) is 12.6. The van der Waals surface area contributed by atoms with Gasteiger partial charge in [0.15, 0.2) is 0 Å². The molecule has 0 bridgehead atoms. The van der Waals surface area contributed by atoms with Crippen LogP contribution in [0.25, 0.3) is 0 Å². The van der Waals surface area contributed by atoms with Gasteiger partial charge in [-0.1, -0.05) is 13.3 Å². The van der Waals surface area contributed by atoms with Crippen LogP contribution in [-0.4, -0.2) is 18.5 Å². The lowest BCUT2D eigenvalue weighted by atomic mass is 9.98. The van der Waals surface area contributed by atoms with Crippen molar-refractivity contribution < 1.29 is 19.1 Å². The first-order valence-corrected chi connectivity index (χ1v) is 5.42. The standard InChI is InChI=1S/C12H20O4/c1-5-6-8-15-10(13)7-9-16-11(14)12(2,3)4/h7,9H,5-6,8H2,1-4H3. The van der Waals surface area contributed by atoms with Gasteiger partial charge in [0.2, 0.25) is 0 Å². The van der Waals surface area contributed by atoms with E-state index in [9.17, 15) is 9.59 Å². The minimum Gasteiger partial charge on any atom is -0.462 e. The van der Waals surface area contributed by atoms with Crippen LogP contribution < -0.4 is 0 Å². The lowest BCUT2D eigenvalue weighted by Gasteiger charge is -2.13. The molecule has 0 radical (unpaired) electrons. The van der Waals surface area contributed by atoms with Gasteiger partial charge in [0, 0.05) is 0 Å². The van der Waals surface area contributed by atoms with Crippen LogP contribution in [0.3, 0.4) is 0 Å². The molecule has 0 aromatic carbocycles. The maximum atomic E-state index is 11.3. The summed E-state index contributed by atoms with van der Waals surface area (Å²) < 4.78 is 9.60. The van der Waals surface area contributed by atoms with E-state index in [2.05, 4.69) is 0 Å². The Morgan fingerprint density at radius 2 is 1.88 bits per heavy atom. The summed E-state index contributed by atoms with van der Waals surface area (Å²) in [5.74, 6) is -0.875. The normalized spacial score (nSPS) is 11.5. The van der Waals surface area contributed by atoms with Gasteiger partial charge < -0.3 is 9.47 Å². The van der Waals surface area contributed by atoms with Gasteiger partial charge in [-0.2, -0.15) is 0 Å². The second-order valence-corrected chi connectivity index (χ2v) is 4.48. The van der Waals surface area contributed by atoms with Crippen molar-refractivity contribution in [3.8, 4) is 0 Å². The lowest BCUT2D eigenvalue weighted by molar-refractivity contribution is -0.147. The molecule has 92 valence electrons. The molecule has 0 rings (SSSR count). The van der Waals surface area contributed by atoms with Crippen molar-refractivity contribution in [2.45, 2.75) is 40.5 Å². The molecule has 0 fully saturated rings. The Kier molecular flexibility index (Phi) is 6.46. The van der Waals surface area contributed by atoms with E-state index in [1.54, 1.807) is 20.8 Å². The van der Waals surface area contributed by atoms with Crippen LogP contribution in [0.2, 0.25) is 0 Å². The van der Waals surface area contributed by atoms with Crippen LogP contribution in [0, 0.1) is 5.41 Å². The molecule has 0 aromatic rings. The number of esters is 2. The van der Waals surface area contributed by atoms with Crippen molar-refractivity contribution in [2.75, 3.05) is 6.61 Å². The Labute approximate surface area is 96.6 Å². The van der Waals surface area contributed by atoms with Gasteiger partial charge in [-0.3, -0.25) is 4.79 Å². The van der Waals surface area contributed by atoms with Crippen molar-refractivity contribution in [1.82, 2.24) is 0 Å². The Bertz CT molecular complexity index is 261. The minimum atomic E-state index is -0.573. The highest BCUT2D eigenvalue weighted by atomic mass is 16.5. The van der Waals surface area contributed by atoms with E-state index >= 15 is 0 Å². The van der Waals surface area contributed by atoms with Gasteiger partial charge in [-0.15, -0.1) is 0 Å². The number of ether oxygens (including phenoxy) is 2. The van der Waals surface area contributed by atoms with Crippen molar-refractivity contribution in [3.05, 3.63) is 12.3 Å². The van der Waals surface area contributed by atoms with E-state index in [-0.39, 0.29) is 5.97 Å². The van der Waals surface area contributed by atoms with Gasteiger partial charge in [-0.25, -0.2) is 4.79 Å². The Balaban J connectivity index is 3.84. The minimum absolute atomic E-state index is 0.384. The summed E-state index contributed by atoms with van der Waals surface area (Å²) in [6.45, 7) is 7.62. The summed E-state index contributed by atoms with van der Waals surface area (Å²) in [6, 6.07) is 0. The van der Waals surface area contributed by atoms with E-state index in [4.69, 9.17) is 9.47 Å². The number of carbonyl (C=O) groups excluding carboxylic acids is 2. The first-order valence-electron chi connectivity index (χ1n) is 5.42. The van der Waals surface area contributed by atoms with Crippen LogP contribution in [0.15, 0.2) is 12.3 Å². The predicted molar refractivity (Wildman–Crippen MR) is 60.6 cm³/mol. The fourth-order valence-corrected chi connectivity index (χ4v) is 0.693. The molecule has 4 heteroatoms. The SMILES string of the molecule is CCCCOC(=O)C=COC(=O)C(C)(C)C. The van der Waals surface area contributed by atoms with E-state index in [1.165, 1.54) is 0 Å². The van der Waals surface area contributed by atoms with Gasteiger partial charge in [0.25, 0.3) is 0 Å². The molecule has 4 nitrogen and oxygen atoms in total. The van der Waals surface area contributed by atoms with E-state index < -0.39 is 11.4 Å². The third kappa shape index (κ3) is 7.04. The topological polar surface area (TPSA) is 52.6 Å². The van der Waals surface area contributed by atoms with Crippen LogP contribution in [0.1, 0.15) is 40.5 Å². The number of rotatable bonds is 5. The molecule has 0 unspecified atom stereocenters. The summed E-state index contributed by atoms with van der Waals surface area (Å²) in [4.78, 5) is 22.3. The Morgan fingerprint density at radius 3 is 2.38 bits per heavy atom. The lowest BCUT2D eigenvalue weighted by Crippen LogP contribution is -2.21. The molecule has 16 heavy (non-hydrogen) atoms. The molecule has 0 aliphatic heterocycles. The fraction of sp³-hybridized carbons (Fsp3) is 0.667.